The van der Waals surface area contributed by atoms with E-state index in [-0.39, 0.29) is 29.7 Å². The fourth-order valence-electron chi connectivity index (χ4n) is 3.68. The monoisotopic (exact) mass is 395 g/mol. The van der Waals surface area contributed by atoms with E-state index in [0.29, 0.717) is 48.9 Å². The molecule has 1 saturated heterocycles. The molecule has 2 N–H and O–H groups in total. The SMILES string of the molecule is CC1CC1C(=O)Nc1ccc(C(=O)NC2CCN(C(=O)c3ccco3)CC2)cc1. The molecule has 4 rings (SSSR count). The van der Waals surface area contributed by atoms with Crippen molar-refractivity contribution in [3.63, 3.8) is 0 Å². The van der Waals surface area contributed by atoms with Gasteiger partial charge in [-0.25, -0.2) is 0 Å². The Bertz CT molecular complexity index is 883. The van der Waals surface area contributed by atoms with Crippen LogP contribution in [0, 0.1) is 11.8 Å². The van der Waals surface area contributed by atoms with Crippen molar-refractivity contribution in [3.8, 4) is 0 Å². The first-order valence-electron chi connectivity index (χ1n) is 10.1. The van der Waals surface area contributed by atoms with E-state index in [1.54, 1.807) is 41.3 Å². The van der Waals surface area contributed by atoms with Crippen LogP contribution in [-0.2, 0) is 4.79 Å². The molecule has 1 saturated carbocycles. The number of rotatable bonds is 5. The molecule has 7 heteroatoms. The number of carbonyl (C=O) groups is 3. The van der Waals surface area contributed by atoms with Gasteiger partial charge in [-0.2, -0.15) is 0 Å². The molecule has 2 aromatic rings. The highest BCUT2D eigenvalue weighted by Crippen LogP contribution is 2.38. The van der Waals surface area contributed by atoms with Crippen molar-refractivity contribution in [2.24, 2.45) is 11.8 Å². The maximum Gasteiger partial charge on any atom is 0.289 e. The summed E-state index contributed by atoms with van der Waals surface area (Å²) in [5.41, 5.74) is 1.26. The van der Waals surface area contributed by atoms with Crippen LogP contribution in [0.2, 0.25) is 0 Å². The molecule has 1 aromatic carbocycles. The number of hydrogen-bond acceptors (Lipinski definition) is 4. The minimum absolute atomic E-state index is 0.0267. The van der Waals surface area contributed by atoms with E-state index >= 15 is 0 Å². The van der Waals surface area contributed by atoms with E-state index in [0.717, 1.165) is 6.42 Å². The maximum absolute atomic E-state index is 12.5. The van der Waals surface area contributed by atoms with Crippen LogP contribution in [-0.4, -0.2) is 41.8 Å². The Morgan fingerprint density at radius 2 is 1.76 bits per heavy atom. The quantitative estimate of drug-likeness (QED) is 0.814. The van der Waals surface area contributed by atoms with Gasteiger partial charge in [-0.05, 0) is 61.6 Å². The number of piperidine rings is 1. The molecule has 1 aromatic heterocycles. The number of likely N-dealkylation sites (tertiary alicyclic amines) is 1. The van der Waals surface area contributed by atoms with Crippen molar-refractivity contribution in [2.45, 2.75) is 32.2 Å². The first kappa shape index (κ1) is 19.2. The van der Waals surface area contributed by atoms with Gasteiger partial charge in [0.25, 0.3) is 11.8 Å². The molecule has 7 nitrogen and oxygen atoms in total. The summed E-state index contributed by atoms with van der Waals surface area (Å²) in [6.07, 6.45) is 3.83. The lowest BCUT2D eigenvalue weighted by atomic mass is 10.0. The van der Waals surface area contributed by atoms with Crippen LogP contribution in [0.1, 0.15) is 47.1 Å². The summed E-state index contributed by atoms with van der Waals surface area (Å²) in [6.45, 7) is 3.22. The van der Waals surface area contributed by atoms with E-state index in [9.17, 15) is 14.4 Å². The molecule has 2 unspecified atom stereocenters. The highest BCUT2D eigenvalue weighted by atomic mass is 16.3. The fraction of sp³-hybridized carbons (Fsp3) is 0.409. The van der Waals surface area contributed by atoms with Crippen molar-refractivity contribution in [1.82, 2.24) is 10.2 Å². The Morgan fingerprint density at radius 3 is 2.34 bits per heavy atom. The first-order chi connectivity index (χ1) is 14.0. The Hall–Kier alpha value is -3.09. The predicted octanol–water partition coefficient (Wildman–Crippen LogP) is 2.91. The van der Waals surface area contributed by atoms with Crippen LogP contribution in [0.3, 0.4) is 0 Å². The second-order valence-corrected chi connectivity index (χ2v) is 7.90. The zero-order valence-corrected chi connectivity index (χ0v) is 16.4. The number of carbonyl (C=O) groups excluding carboxylic acids is 3. The summed E-state index contributed by atoms with van der Waals surface area (Å²) in [4.78, 5) is 38.6. The number of nitrogens with one attached hydrogen (secondary N) is 2. The van der Waals surface area contributed by atoms with Crippen molar-refractivity contribution >= 4 is 23.4 Å². The lowest BCUT2D eigenvalue weighted by Gasteiger charge is -2.31. The van der Waals surface area contributed by atoms with Gasteiger partial charge in [0.15, 0.2) is 5.76 Å². The third-order valence-electron chi connectivity index (χ3n) is 5.71. The highest BCUT2D eigenvalue weighted by molar-refractivity contribution is 5.97. The van der Waals surface area contributed by atoms with Gasteiger partial charge in [-0.15, -0.1) is 0 Å². The molecule has 0 bridgehead atoms. The van der Waals surface area contributed by atoms with Crippen molar-refractivity contribution < 1.29 is 18.8 Å². The zero-order chi connectivity index (χ0) is 20.4. The number of nitrogens with zero attached hydrogens (tertiary/aromatic N) is 1. The van der Waals surface area contributed by atoms with Crippen molar-refractivity contribution in [3.05, 3.63) is 54.0 Å². The molecule has 1 aliphatic heterocycles. The van der Waals surface area contributed by atoms with Crippen LogP contribution in [0.4, 0.5) is 5.69 Å². The lowest BCUT2D eigenvalue weighted by molar-refractivity contribution is -0.117. The first-order valence-corrected chi connectivity index (χ1v) is 10.1. The van der Waals surface area contributed by atoms with E-state index in [2.05, 4.69) is 17.6 Å². The largest absolute Gasteiger partial charge is 0.459 e. The molecule has 2 aliphatic rings. The van der Waals surface area contributed by atoms with Crippen LogP contribution in [0.25, 0.3) is 0 Å². The molecule has 0 radical (unpaired) electrons. The normalized spacial score (nSPS) is 21.5. The third-order valence-corrected chi connectivity index (χ3v) is 5.71. The van der Waals surface area contributed by atoms with Crippen LogP contribution in [0.15, 0.2) is 47.1 Å². The molecule has 1 aliphatic carbocycles. The van der Waals surface area contributed by atoms with Crippen LogP contribution in [0.5, 0.6) is 0 Å². The van der Waals surface area contributed by atoms with Crippen molar-refractivity contribution in [2.75, 3.05) is 18.4 Å². The summed E-state index contributed by atoms with van der Waals surface area (Å²) in [7, 11) is 0. The minimum Gasteiger partial charge on any atom is -0.459 e. The summed E-state index contributed by atoms with van der Waals surface area (Å²) in [6, 6.07) is 10.3. The van der Waals surface area contributed by atoms with Gasteiger partial charge < -0.3 is 20.0 Å². The molecular weight excluding hydrogens is 370 g/mol. The molecule has 2 fully saturated rings. The zero-order valence-electron chi connectivity index (χ0n) is 16.4. The topological polar surface area (TPSA) is 91.7 Å². The number of amides is 3. The Labute approximate surface area is 169 Å². The lowest BCUT2D eigenvalue weighted by Crippen LogP contribution is -2.46. The smallest absolute Gasteiger partial charge is 0.289 e. The molecule has 152 valence electrons. The van der Waals surface area contributed by atoms with Gasteiger partial charge in [0.1, 0.15) is 0 Å². The number of benzene rings is 1. The Kier molecular flexibility index (Phi) is 5.38. The maximum atomic E-state index is 12.5. The number of furan rings is 1. The van der Waals surface area contributed by atoms with Crippen LogP contribution >= 0.6 is 0 Å². The average Bonchev–Trinajstić information content (AvgIpc) is 3.23. The van der Waals surface area contributed by atoms with Gasteiger partial charge in [-0.1, -0.05) is 6.92 Å². The molecule has 29 heavy (non-hydrogen) atoms. The highest BCUT2D eigenvalue weighted by Gasteiger charge is 2.39. The minimum atomic E-state index is -0.144. The van der Waals surface area contributed by atoms with E-state index < -0.39 is 0 Å². The number of hydrogen-bond donors (Lipinski definition) is 2. The van der Waals surface area contributed by atoms with Crippen molar-refractivity contribution in [1.29, 1.82) is 0 Å². The summed E-state index contributed by atoms with van der Waals surface area (Å²) in [5, 5.41) is 5.93. The van der Waals surface area contributed by atoms with E-state index in [4.69, 9.17) is 4.42 Å². The molecule has 2 atom stereocenters. The fourth-order valence-corrected chi connectivity index (χ4v) is 3.68. The Balaban J connectivity index is 1.25. The van der Waals surface area contributed by atoms with Gasteiger partial charge in [0.2, 0.25) is 5.91 Å². The number of anilines is 1. The van der Waals surface area contributed by atoms with Gasteiger partial charge in [-0.3, -0.25) is 14.4 Å². The molecule has 0 spiro atoms. The van der Waals surface area contributed by atoms with Gasteiger partial charge in [0, 0.05) is 36.3 Å². The molecular formula is C22H25N3O4. The average molecular weight is 395 g/mol. The predicted molar refractivity (Wildman–Crippen MR) is 107 cm³/mol. The van der Waals surface area contributed by atoms with Gasteiger partial charge >= 0.3 is 0 Å². The summed E-state index contributed by atoms with van der Waals surface area (Å²) >= 11 is 0. The Morgan fingerprint density at radius 1 is 1.07 bits per heavy atom. The molecule has 3 amide bonds. The standard InChI is InChI=1S/C22H25N3O4/c1-14-13-18(14)21(27)24-16-6-4-15(5-7-16)20(26)23-17-8-10-25(11-9-17)22(28)19-3-2-12-29-19/h2-7,12,14,17-18H,8-11,13H2,1H3,(H,23,26)(H,24,27). The third kappa shape index (κ3) is 4.50. The van der Waals surface area contributed by atoms with Gasteiger partial charge in [0.05, 0.1) is 6.26 Å². The van der Waals surface area contributed by atoms with E-state index in [1.165, 1.54) is 6.26 Å². The summed E-state index contributed by atoms with van der Waals surface area (Å²) in [5.74, 6) is 0.707. The summed E-state index contributed by atoms with van der Waals surface area (Å²) < 4.78 is 5.17. The second kappa shape index (κ2) is 8.11. The van der Waals surface area contributed by atoms with E-state index in [1.807, 2.05) is 0 Å². The second-order valence-electron chi connectivity index (χ2n) is 7.90. The molecule has 2 heterocycles. The van der Waals surface area contributed by atoms with Crippen LogP contribution < -0.4 is 10.6 Å².